The predicted octanol–water partition coefficient (Wildman–Crippen LogP) is 4.79. The zero-order valence-corrected chi connectivity index (χ0v) is 21.7. The Morgan fingerprint density at radius 1 is 1.24 bits per heavy atom. The number of hydrogen-bond acceptors (Lipinski definition) is 6. The molecule has 0 radical (unpaired) electrons. The number of carboxylic acid groups (broad SMARTS) is 1. The number of carbonyl (C=O) groups is 1. The minimum atomic E-state index is -1.14. The molecule has 0 aliphatic carbocycles. The molecule has 10 heteroatoms. The molecule has 2 atom stereocenters. The lowest BCUT2D eigenvalue weighted by Crippen LogP contribution is -2.43. The van der Waals surface area contributed by atoms with Crippen LogP contribution in [0.1, 0.15) is 59.8 Å². The molecule has 2 N–H and O–H groups in total. The number of aromatic amines is 1. The summed E-state index contributed by atoms with van der Waals surface area (Å²) >= 11 is 6.11. The SMILES string of the molecule is CC[C@@H](c1ccc(C(=O)O)c(Oc2cccc(Cl)c2)c1OC)N1CCC[C@H](n2cc(C)c(=O)[nH]c2=O)C1. The van der Waals surface area contributed by atoms with Crippen molar-refractivity contribution in [2.45, 2.75) is 45.2 Å². The van der Waals surface area contributed by atoms with E-state index in [-0.39, 0.29) is 29.0 Å². The lowest BCUT2D eigenvalue weighted by Gasteiger charge is -2.39. The average molecular weight is 528 g/mol. The minimum Gasteiger partial charge on any atom is -0.492 e. The normalized spacial score (nSPS) is 16.8. The van der Waals surface area contributed by atoms with Crippen LogP contribution >= 0.6 is 11.6 Å². The van der Waals surface area contributed by atoms with E-state index in [0.717, 1.165) is 24.9 Å². The van der Waals surface area contributed by atoms with Crippen molar-refractivity contribution in [3.63, 3.8) is 0 Å². The molecule has 0 spiro atoms. The van der Waals surface area contributed by atoms with Gasteiger partial charge in [-0.3, -0.25) is 19.2 Å². The van der Waals surface area contributed by atoms with Gasteiger partial charge in [0.15, 0.2) is 11.5 Å². The number of aryl methyl sites for hydroxylation is 1. The second kappa shape index (κ2) is 11.2. The predicted molar refractivity (Wildman–Crippen MR) is 140 cm³/mol. The minimum absolute atomic E-state index is 0.0257. The van der Waals surface area contributed by atoms with Gasteiger partial charge in [0.25, 0.3) is 5.56 Å². The molecule has 1 aromatic heterocycles. The maximum absolute atomic E-state index is 12.5. The van der Waals surface area contributed by atoms with Gasteiger partial charge in [-0.05, 0) is 57.0 Å². The summed E-state index contributed by atoms with van der Waals surface area (Å²) in [5.74, 6) is -0.301. The van der Waals surface area contributed by atoms with E-state index < -0.39 is 11.7 Å². The molecule has 2 heterocycles. The van der Waals surface area contributed by atoms with Crippen molar-refractivity contribution < 1.29 is 19.4 Å². The Kier molecular flexibility index (Phi) is 8.04. The number of carboxylic acids is 1. The van der Waals surface area contributed by atoms with Crippen LogP contribution in [-0.4, -0.2) is 45.7 Å². The number of nitrogens with one attached hydrogen (secondary N) is 1. The Balaban J connectivity index is 1.72. The van der Waals surface area contributed by atoms with Gasteiger partial charge in [0.1, 0.15) is 11.3 Å². The number of methoxy groups -OCH3 is 1. The van der Waals surface area contributed by atoms with Crippen LogP contribution in [0, 0.1) is 6.92 Å². The van der Waals surface area contributed by atoms with Crippen molar-refractivity contribution in [3.05, 3.63) is 85.1 Å². The molecule has 9 nitrogen and oxygen atoms in total. The first kappa shape index (κ1) is 26.5. The topological polar surface area (TPSA) is 114 Å². The standard InChI is InChI=1S/C27H30ClN3O6/c1-4-22(30-12-6-8-18(15-30)31-14-16(2)25(32)29-27(31)35)20-10-11-21(26(33)34)24(23(20)36-3)37-19-9-5-7-17(28)13-19/h5,7,9-11,13-14,18,22H,4,6,8,12,15H2,1-3H3,(H,33,34)(H,29,32,35)/t18-,22-/m0/s1. The van der Waals surface area contributed by atoms with Gasteiger partial charge in [-0.2, -0.15) is 0 Å². The van der Waals surface area contributed by atoms with Gasteiger partial charge in [0.2, 0.25) is 0 Å². The third-order valence-corrected chi connectivity index (χ3v) is 6.98. The second-order valence-electron chi connectivity index (χ2n) is 9.12. The smallest absolute Gasteiger partial charge is 0.339 e. The molecule has 1 saturated heterocycles. The van der Waals surface area contributed by atoms with Gasteiger partial charge in [-0.25, -0.2) is 9.59 Å². The summed E-state index contributed by atoms with van der Waals surface area (Å²) in [6.07, 6.45) is 3.99. The van der Waals surface area contributed by atoms with Gasteiger partial charge in [0, 0.05) is 34.9 Å². The van der Waals surface area contributed by atoms with Crippen LogP contribution in [-0.2, 0) is 0 Å². The van der Waals surface area contributed by atoms with Gasteiger partial charge < -0.3 is 14.6 Å². The van der Waals surface area contributed by atoms with E-state index in [0.29, 0.717) is 35.1 Å². The fourth-order valence-electron chi connectivity index (χ4n) is 4.99. The van der Waals surface area contributed by atoms with Gasteiger partial charge in [-0.15, -0.1) is 0 Å². The molecule has 0 unspecified atom stereocenters. The van der Waals surface area contributed by atoms with Crippen LogP contribution in [0.2, 0.25) is 5.02 Å². The molecule has 0 bridgehead atoms. The van der Waals surface area contributed by atoms with Crippen molar-refractivity contribution in [2.75, 3.05) is 20.2 Å². The first-order valence-corrected chi connectivity index (χ1v) is 12.5. The van der Waals surface area contributed by atoms with Crippen molar-refractivity contribution in [3.8, 4) is 17.2 Å². The molecule has 1 aliphatic heterocycles. The summed E-state index contributed by atoms with van der Waals surface area (Å²) in [5, 5.41) is 10.3. The first-order chi connectivity index (χ1) is 17.7. The van der Waals surface area contributed by atoms with Gasteiger partial charge in [-0.1, -0.05) is 30.7 Å². The summed E-state index contributed by atoms with van der Waals surface area (Å²) in [5.41, 5.74) is 0.448. The zero-order chi connectivity index (χ0) is 26.7. The molecule has 1 fully saturated rings. The highest BCUT2D eigenvalue weighted by atomic mass is 35.5. The quantitative estimate of drug-likeness (QED) is 0.433. The van der Waals surface area contributed by atoms with E-state index in [4.69, 9.17) is 21.1 Å². The van der Waals surface area contributed by atoms with Crippen molar-refractivity contribution in [1.82, 2.24) is 14.5 Å². The number of likely N-dealkylation sites (tertiary alicyclic amines) is 1. The fraction of sp³-hybridized carbons (Fsp3) is 0.370. The van der Waals surface area contributed by atoms with Crippen molar-refractivity contribution in [2.24, 2.45) is 0 Å². The highest BCUT2D eigenvalue weighted by Crippen LogP contribution is 2.44. The lowest BCUT2D eigenvalue weighted by atomic mass is 9.95. The summed E-state index contributed by atoms with van der Waals surface area (Å²) in [6, 6.07) is 9.78. The maximum Gasteiger partial charge on any atom is 0.339 e. The third kappa shape index (κ3) is 5.57. The molecular weight excluding hydrogens is 498 g/mol. The van der Waals surface area contributed by atoms with Crippen LogP contribution in [0.25, 0.3) is 0 Å². The number of piperidine rings is 1. The molecular formula is C27H30ClN3O6. The molecule has 37 heavy (non-hydrogen) atoms. The van der Waals surface area contributed by atoms with E-state index >= 15 is 0 Å². The van der Waals surface area contributed by atoms with E-state index in [2.05, 4.69) is 9.88 Å². The summed E-state index contributed by atoms with van der Waals surface area (Å²) in [6.45, 7) is 5.10. The number of hydrogen-bond donors (Lipinski definition) is 2. The monoisotopic (exact) mass is 527 g/mol. The Hall–Kier alpha value is -3.56. The van der Waals surface area contributed by atoms with Crippen LogP contribution in [0.4, 0.5) is 0 Å². The fourth-order valence-corrected chi connectivity index (χ4v) is 5.17. The van der Waals surface area contributed by atoms with Gasteiger partial charge in [0.05, 0.1) is 13.2 Å². The number of aromatic nitrogens is 2. The highest BCUT2D eigenvalue weighted by molar-refractivity contribution is 6.30. The van der Waals surface area contributed by atoms with Crippen molar-refractivity contribution in [1.29, 1.82) is 0 Å². The zero-order valence-electron chi connectivity index (χ0n) is 21.0. The van der Waals surface area contributed by atoms with Gasteiger partial charge >= 0.3 is 11.7 Å². The molecule has 2 aromatic carbocycles. The Morgan fingerprint density at radius 2 is 2.03 bits per heavy atom. The Morgan fingerprint density at radius 3 is 2.70 bits per heavy atom. The lowest BCUT2D eigenvalue weighted by molar-refractivity contribution is 0.0693. The van der Waals surface area contributed by atoms with Crippen LogP contribution < -0.4 is 20.7 Å². The molecule has 4 rings (SSSR count). The number of aromatic carboxylic acids is 1. The van der Waals surface area contributed by atoms with Crippen LogP contribution in [0.15, 0.2) is 52.2 Å². The number of H-pyrrole nitrogens is 1. The number of benzene rings is 2. The first-order valence-electron chi connectivity index (χ1n) is 12.2. The Bertz CT molecular complexity index is 1420. The molecule has 3 aromatic rings. The molecule has 0 saturated carbocycles. The van der Waals surface area contributed by atoms with E-state index in [1.165, 1.54) is 13.2 Å². The molecule has 0 amide bonds. The van der Waals surface area contributed by atoms with Crippen LogP contribution in [0.3, 0.4) is 0 Å². The third-order valence-electron chi connectivity index (χ3n) is 6.75. The number of rotatable bonds is 8. The van der Waals surface area contributed by atoms with E-state index in [9.17, 15) is 19.5 Å². The summed E-state index contributed by atoms with van der Waals surface area (Å²) < 4.78 is 13.4. The van der Waals surface area contributed by atoms with Crippen LogP contribution in [0.5, 0.6) is 17.2 Å². The Labute approximate surface area is 219 Å². The molecule has 196 valence electrons. The largest absolute Gasteiger partial charge is 0.492 e. The number of ether oxygens (including phenoxy) is 2. The summed E-state index contributed by atoms with van der Waals surface area (Å²) in [4.78, 5) is 41.1. The summed E-state index contributed by atoms with van der Waals surface area (Å²) in [7, 11) is 1.49. The van der Waals surface area contributed by atoms with E-state index in [1.54, 1.807) is 48.0 Å². The average Bonchev–Trinajstić information content (AvgIpc) is 2.87. The van der Waals surface area contributed by atoms with Crippen molar-refractivity contribution >= 4 is 17.6 Å². The van der Waals surface area contributed by atoms with E-state index in [1.807, 2.05) is 6.92 Å². The number of nitrogens with zero attached hydrogens (tertiary/aromatic N) is 2. The second-order valence-corrected chi connectivity index (χ2v) is 9.56. The molecule has 1 aliphatic rings. The highest BCUT2D eigenvalue weighted by Gasteiger charge is 2.31. The number of halogens is 1. The maximum atomic E-state index is 12.5.